The van der Waals surface area contributed by atoms with Gasteiger partial charge in [0.2, 0.25) is 5.78 Å². The molecule has 0 fully saturated rings. The molecule has 9 heteroatoms. The summed E-state index contributed by atoms with van der Waals surface area (Å²) in [4.78, 5) is 24.5. The van der Waals surface area contributed by atoms with Crippen molar-refractivity contribution in [3.05, 3.63) is 95.5 Å². The summed E-state index contributed by atoms with van der Waals surface area (Å²) in [6.07, 6.45) is 0. The maximum absolute atomic E-state index is 13.3. The smallest absolute Gasteiger partial charge is 0.338 e. The maximum Gasteiger partial charge on any atom is 0.338 e. The van der Waals surface area contributed by atoms with E-state index in [-0.39, 0.29) is 27.5 Å². The van der Waals surface area contributed by atoms with Gasteiger partial charge in [0, 0.05) is 11.1 Å². The first kappa shape index (κ1) is 22.2. The number of anilines is 1. The number of furan rings is 1. The molecule has 33 heavy (non-hydrogen) atoms. The van der Waals surface area contributed by atoms with Crippen molar-refractivity contribution in [3.63, 3.8) is 0 Å². The van der Waals surface area contributed by atoms with Gasteiger partial charge in [-0.05, 0) is 67.1 Å². The Bertz CT molecular complexity index is 1430. The number of carbonyl (C=O) groups is 2. The molecule has 0 aliphatic heterocycles. The fraction of sp³-hybridized carbons (Fsp3) is 0.0833. The molecule has 1 heterocycles. The molecule has 4 rings (SSSR count). The second-order valence-electron chi connectivity index (χ2n) is 7.24. The van der Waals surface area contributed by atoms with Crippen molar-refractivity contribution in [2.45, 2.75) is 11.8 Å². The molecule has 7 nitrogen and oxygen atoms in total. The third-order valence-electron chi connectivity index (χ3n) is 4.83. The normalized spacial score (nSPS) is 11.3. The molecule has 0 spiro atoms. The van der Waals surface area contributed by atoms with E-state index < -0.39 is 34.2 Å². The lowest BCUT2D eigenvalue weighted by Crippen LogP contribution is -2.15. The van der Waals surface area contributed by atoms with Gasteiger partial charge in [-0.1, -0.05) is 18.2 Å². The van der Waals surface area contributed by atoms with Crippen LogP contribution in [0.1, 0.15) is 26.5 Å². The van der Waals surface area contributed by atoms with Crippen LogP contribution in [0.4, 0.5) is 10.1 Å². The topological polar surface area (TPSA) is 103 Å². The van der Waals surface area contributed by atoms with E-state index >= 15 is 0 Å². The van der Waals surface area contributed by atoms with Gasteiger partial charge in [-0.15, -0.1) is 0 Å². The van der Waals surface area contributed by atoms with Gasteiger partial charge in [-0.25, -0.2) is 17.6 Å². The highest BCUT2D eigenvalue weighted by atomic mass is 32.2. The van der Waals surface area contributed by atoms with Crippen LogP contribution in [0.2, 0.25) is 0 Å². The zero-order valence-corrected chi connectivity index (χ0v) is 18.2. The van der Waals surface area contributed by atoms with Crippen LogP contribution >= 0.6 is 0 Å². The van der Waals surface area contributed by atoms with Crippen LogP contribution in [0.15, 0.2) is 82.1 Å². The predicted molar refractivity (Wildman–Crippen MR) is 119 cm³/mol. The molecule has 0 radical (unpaired) electrons. The van der Waals surface area contributed by atoms with Gasteiger partial charge in [-0.2, -0.15) is 0 Å². The van der Waals surface area contributed by atoms with Crippen molar-refractivity contribution >= 4 is 38.4 Å². The largest absolute Gasteiger partial charge is 0.454 e. The summed E-state index contributed by atoms with van der Waals surface area (Å²) in [6, 6.07) is 17.6. The lowest BCUT2D eigenvalue weighted by molar-refractivity contribution is 0.0468. The number of ether oxygens (including phenoxy) is 1. The number of hydrogen-bond acceptors (Lipinski definition) is 6. The van der Waals surface area contributed by atoms with Crippen molar-refractivity contribution in [2.24, 2.45) is 0 Å². The number of benzene rings is 3. The van der Waals surface area contributed by atoms with E-state index in [1.165, 1.54) is 37.3 Å². The Labute approximate surface area is 188 Å². The number of sulfonamides is 1. The lowest BCUT2D eigenvalue weighted by Gasteiger charge is -2.11. The summed E-state index contributed by atoms with van der Waals surface area (Å²) in [6.45, 7) is 0.986. The minimum atomic E-state index is -3.95. The molecular weight excluding hydrogens is 449 g/mol. The molecule has 0 aliphatic carbocycles. The molecule has 0 unspecified atom stereocenters. The number of para-hydroxylation sites is 1. The number of ketones is 1. The zero-order chi connectivity index (χ0) is 23.6. The van der Waals surface area contributed by atoms with Crippen LogP contribution in [0.25, 0.3) is 11.0 Å². The Morgan fingerprint density at radius 3 is 2.42 bits per heavy atom. The maximum atomic E-state index is 13.3. The molecule has 0 saturated carbocycles. The molecule has 0 aliphatic rings. The quantitative estimate of drug-likeness (QED) is 0.312. The van der Waals surface area contributed by atoms with Gasteiger partial charge in [0.25, 0.3) is 10.0 Å². The highest BCUT2D eigenvalue weighted by molar-refractivity contribution is 7.92. The zero-order valence-electron chi connectivity index (χ0n) is 17.4. The molecule has 0 atom stereocenters. The SMILES string of the molecule is Cc1cc(F)ccc1S(=O)(=O)Nc1ccc(C(=O)OCC(=O)c2cc3ccccc3o2)cc1. The third kappa shape index (κ3) is 4.93. The Kier molecular flexibility index (Phi) is 5.97. The van der Waals surface area contributed by atoms with Crippen molar-refractivity contribution in [1.82, 2.24) is 0 Å². The Hall–Kier alpha value is -3.98. The van der Waals surface area contributed by atoms with Gasteiger partial charge >= 0.3 is 5.97 Å². The van der Waals surface area contributed by atoms with Crippen molar-refractivity contribution in [1.29, 1.82) is 0 Å². The molecule has 168 valence electrons. The highest BCUT2D eigenvalue weighted by Gasteiger charge is 2.19. The predicted octanol–water partition coefficient (Wildman–Crippen LogP) is 4.72. The van der Waals surface area contributed by atoms with Crippen molar-refractivity contribution < 1.29 is 31.6 Å². The number of fused-ring (bicyclic) bond motifs is 1. The molecule has 0 saturated heterocycles. The second-order valence-corrected chi connectivity index (χ2v) is 8.89. The number of hydrogen-bond donors (Lipinski definition) is 1. The van der Waals surface area contributed by atoms with Crippen molar-refractivity contribution in [2.75, 3.05) is 11.3 Å². The van der Waals surface area contributed by atoms with Gasteiger partial charge < -0.3 is 9.15 Å². The first-order chi connectivity index (χ1) is 15.7. The van der Waals surface area contributed by atoms with Crippen LogP contribution in [0.3, 0.4) is 0 Å². The number of carbonyl (C=O) groups excluding carboxylic acids is 2. The van der Waals surface area contributed by atoms with E-state index in [1.54, 1.807) is 24.3 Å². The second kappa shape index (κ2) is 8.87. The average Bonchev–Trinajstić information content (AvgIpc) is 3.21. The van der Waals surface area contributed by atoms with Crippen LogP contribution in [0.5, 0.6) is 0 Å². The van der Waals surface area contributed by atoms with E-state index in [4.69, 9.17) is 9.15 Å². The standard InChI is InChI=1S/C24H18FNO6S/c1-15-12-18(25)8-11-23(15)33(29,30)26-19-9-6-16(7-10-19)24(28)31-14-20(27)22-13-17-4-2-3-5-21(17)32-22/h2-13,26H,14H2,1H3. The Morgan fingerprint density at radius 2 is 1.73 bits per heavy atom. The number of Topliss-reactive ketones (excluding diaryl/α,β-unsaturated/α-hetero) is 1. The van der Waals surface area contributed by atoms with E-state index in [0.717, 1.165) is 17.5 Å². The molecule has 3 aromatic carbocycles. The highest BCUT2D eigenvalue weighted by Crippen LogP contribution is 2.21. The summed E-state index contributed by atoms with van der Waals surface area (Å²) in [7, 11) is -3.95. The minimum absolute atomic E-state index is 0.0588. The number of aryl methyl sites for hydroxylation is 1. The first-order valence-electron chi connectivity index (χ1n) is 9.81. The molecule has 0 bridgehead atoms. The van der Waals surface area contributed by atoms with Gasteiger partial charge in [0.1, 0.15) is 11.4 Å². The van der Waals surface area contributed by atoms with E-state index in [1.807, 2.05) is 6.07 Å². The summed E-state index contributed by atoms with van der Waals surface area (Å²) in [5.41, 5.74) is 1.15. The number of nitrogens with one attached hydrogen (secondary N) is 1. The van der Waals surface area contributed by atoms with E-state index in [9.17, 15) is 22.4 Å². The summed E-state index contributed by atoms with van der Waals surface area (Å²) < 4.78 is 51.3. The molecule has 1 aromatic heterocycles. The van der Waals surface area contributed by atoms with E-state index in [0.29, 0.717) is 5.58 Å². The first-order valence-corrected chi connectivity index (χ1v) is 11.3. The number of rotatable bonds is 7. The number of halogens is 1. The molecule has 4 aromatic rings. The monoisotopic (exact) mass is 467 g/mol. The van der Waals surface area contributed by atoms with Crippen LogP contribution < -0.4 is 4.72 Å². The molecule has 1 N–H and O–H groups in total. The number of esters is 1. The summed E-state index contributed by atoms with van der Waals surface area (Å²) in [5.74, 6) is -1.68. The fourth-order valence-corrected chi connectivity index (χ4v) is 4.49. The van der Waals surface area contributed by atoms with Crippen LogP contribution in [-0.2, 0) is 14.8 Å². The van der Waals surface area contributed by atoms with Crippen LogP contribution in [-0.4, -0.2) is 26.8 Å². The molecular formula is C24H18FNO6S. The van der Waals surface area contributed by atoms with E-state index in [2.05, 4.69) is 4.72 Å². The van der Waals surface area contributed by atoms with Gasteiger partial charge in [0.05, 0.1) is 10.5 Å². The van der Waals surface area contributed by atoms with Crippen molar-refractivity contribution in [3.8, 4) is 0 Å². The van der Waals surface area contributed by atoms with Gasteiger partial charge in [0.15, 0.2) is 12.4 Å². The summed E-state index contributed by atoms with van der Waals surface area (Å²) in [5, 5.41) is 0.765. The Balaban J connectivity index is 1.39. The third-order valence-corrected chi connectivity index (χ3v) is 6.38. The fourth-order valence-electron chi connectivity index (χ4n) is 3.20. The summed E-state index contributed by atoms with van der Waals surface area (Å²) >= 11 is 0. The average molecular weight is 467 g/mol. The van der Waals surface area contributed by atoms with Gasteiger partial charge in [-0.3, -0.25) is 9.52 Å². The minimum Gasteiger partial charge on any atom is -0.454 e. The lowest BCUT2D eigenvalue weighted by atomic mass is 10.2. The Morgan fingerprint density at radius 1 is 1.00 bits per heavy atom. The van der Waals surface area contributed by atoms with Crippen LogP contribution in [0, 0.1) is 12.7 Å². The molecule has 0 amide bonds.